The summed E-state index contributed by atoms with van der Waals surface area (Å²) >= 11 is 0. The van der Waals surface area contributed by atoms with Gasteiger partial charge in [-0.05, 0) is 36.3 Å². The number of phenolic OH excluding ortho intramolecular Hbond substituents is 1. The number of allylic oxidation sites excluding steroid dienone is 1. The maximum Gasteiger partial charge on any atom is 0.127 e. The molecule has 1 aromatic rings. The van der Waals surface area contributed by atoms with Crippen molar-refractivity contribution in [1.29, 1.82) is 0 Å². The molecule has 2 heteroatoms. The quantitative estimate of drug-likeness (QED) is 0.776. The predicted molar refractivity (Wildman–Crippen MR) is 56.5 cm³/mol. The number of fused-ring (bicyclic) bond motifs is 1. The first-order valence-electron chi connectivity index (χ1n) is 4.96. The number of aromatic hydroxyl groups is 1. The first-order valence-corrected chi connectivity index (χ1v) is 4.96. The number of rotatable bonds is 2. The molecule has 1 aliphatic rings. The van der Waals surface area contributed by atoms with Crippen molar-refractivity contribution >= 4 is 5.57 Å². The minimum atomic E-state index is 0.302. The van der Waals surface area contributed by atoms with Gasteiger partial charge >= 0.3 is 0 Å². The van der Waals surface area contributed by atoms with Crippen molar-refractivity contribution in [1.82, 2.24) is 0 Å². The van der Waals surface area contributed by atoms with Crippen LogP contribution in [0.25, 0.3) is 5.57 Å². The number of hydrogen-bond acceptors (Lipinski definition) is 2. The van der Waals surface area contributed by atoms with Gasteiger partial charge in [-0.25, -0.2) is 0 Å². The SMILES string of the molecule is CCCC1=CCOc2ccc(O)cc21. The van der Waals surface area contributed by atoms with E-state index in [9.17, 15) is 5.11 Å². The van der Waals surface area contributed by atoms with Gasteiger partial charge in [0.15, 0.2) is 0 Å². The van der Waals surface area contributed by atoms with E-state index in [1.54, 1.807) is 12.1 Å². The molecule has 1 aliphatic heterocycles. The maximum atomic E-state index is 9.39. The highest BCUT2D eigenvalue weighted by Crippen LogP contribution is 2.34. The third-order valence-electron chi connectivity index (χ3n) is 2.40. The predicted octanol–water partition coefficient (Wildman–Crippen LogP) is 2.97. The summed E-state index contributed by atoms with van der Waals surface area (Å²) in [6.07, 6.45) is 4.24. The van der Waals surface area contributed by atoms with Crippen LogP contribution >= 0.6 is 0 Å². The van der Waals surface area contributed by atoms with Crippen molar-refractivity contribution < 1.29 is 9.84 Å². The van der Waals surface area contributed by atoms with E-state index >= 15 is 0 Å². The summed E-state index contributed by atoms with van der Waals surface area (Å²) in [4.78, 5) is 0. The van der Waals surface area contributed by atoms with Crippen molar-refractivity contribution in [3.63, 3.8) is 0 Å². The van der Waals surface area contributed by atoms with E-state index in [0.29, 0.717) is 12.4 Å². The molecule has 0 unspecified atom stereocenters. The monoisotopic (exact) mass is 190 g/mol. The van der Waals surface area contributed by atoms with Crippen LogP contribution in [0.3, 0.4) is 0 Å². The minimum absolute atomic E-state index is 0.302. The van der Waals surface area contributed by atoms with Gasteiger partial charge in [0, 0.05) is 5.56 Å². The standard InChI is InChI=1S/C12H14O2/c1-2-3-9-6-7-14-12-5-4-10(13)8-11(9)12/h4-6,8,13H,2-3,7H2,1H3. The molecule has 0 fully saturated rings. The fourth-order valence-electron chi connectivity index (χ4n) is 1.74. The summed E-state index contributed by atoms with van der Waals surface area (Å²) in [6.45, 7) is 2.80. The topological polar surface area (TPSA) is 29.5 Å². The minimum Gasteiger partial charge on any atom is -0.508 e. The Kier molecular flexibility index (Phi) is 2.44. The summed E-state index contributed by atoms with van der Waals surface area (Å²) in [5, 5.41) is 9.39. The highest BCUT2D eigenvalue weighted by molar-refractivity contribution is 5.73. The number of benzene rings is 1. The Labute approximate surface area is 83.8 Å². The van der Waals surface area contributed by atoms with Crippen molar-refractivity contribution in [2.75, 3.05) is 6.61 Å². The number of hydrogen-bond donors (Lipinski definition) is 1. The second-order valence-corrected chi connectivity index (χ2v) is 3.47. The molecule has 0 aromatic heterocycles. The number of phenols is 1. The fraction of sp³-hybridized carbons (Fsp3) is 0.333. The highest BCUT2D eigenvalue weighted by Gasteiger charge is 2.13. The first kappa shape index (κ1) is 9.13. The smallest absolute Gasteiger partial charge is 0.127 e. The zero-order chi connectivity index (χ0) is 9.97. The molecule has 0 spiro atoms. The van der Waals surface area contributed by atoms with Crippen molar-refractivity contribution in [3.8, 4) is 11.5 Å². The zero-order valence-electron chi connectivity index (χ0n) is 8.29. The summed E-state index contributed by atoms with van der Waals surface area (Å²) in [6, 6.07) is 5.26. The molecule has 0 saturated carbocycles. The normalized spacial score (nSPS) is 14.2. The molecule has 1 N–H and O–H groups in total. The lowest BCUT2D eigenvalue weighted by Gasteiger charge is -2.18. The highest BCUT2D eigenvalue weighted by atomic mass is 16.5. The Hall–Kier alpha value is -1.44. The van der Waals surface area contributed by atoms with Gasteiger partial charge in [0.05, 0.1) is 0 Å². The van der Waals surface area contributed by atoms with Crippen molar-refractivity contribution in [2.45, 2.75) is 19.8 Å². The molecule has 0 amide bonds. The van der Waals surface area contributed by atoms with Crippen LogP contribution in [0.1, 0.15) is 25.3 Å². The lowest BCUT2D eigenvalue weighted by molar-refractivity contribution is 0.355. The van der Waals surface area contributed by atoms with E-state index in [1.807, 2.05) is 6.07 Å². The van der Waals surface area contributed by atoms with Gasteiger partial charge in [0.2, 0.25) is 0 Å². The summed E-state index contributed by atoms with van der Waals surface area (Å²) in [5.41, 5.74) is 2.32. The van der Waals surface area contributed by atoms with Gasteiger partial charge in [-0.15, -0.1) is 0 Å². The Bertz CT molecular complexity index is 367. The third-order valence-corrected chi connectivity index (χ3v) is 2.40. The molecule has 0 aliphatic carbocycles. The second kappa shape index (κ2) is 3.74. The molecule has 2 rings (SSSR count). The molecular weight excluding hydrogens is 176 g/mol. The van der Waals surface area contributed by atoms with Gasteiger partial charge in [-0.1, -0.05) is 13.3 Å². The summed E-state index contributed by atoms with van der Waals surface area (Å²) < 4.78 is 5.47. The summed E-state index contributed by atoms with van der Waals surface area (Å²) in [7, 11) is 0. The van der Waals surface area contributed by atoms with E-state index in [-0.39, 0.29) is 0 Å². The molecule has 1 aromatic carbocycles. The van der Waals surface area contributed by atoms with E-state index < -0.39 is 0 Å². The van der Waals surface area contributed by atoms with Crippen LogP contribution in [0.5, 0.6) is 11.5 Å². The summed E-state index contributed by atoms with van der Waals surface area (Å²) in [5.74, 6) is 1.19. The number of ether oxygens (including phenoxy) is 1. The van der Waals surface area contributed by atoms with E-state index in [2.05, 4.69) is 13.0 Å². The van der Waals surface area contributed by atoms with Gasteiger partial charge in [-0.2, -0.15) is 0 Å². The lowest BCUT2D eigenvalue weighted by Crippen LogP contribution is -2.04. The van der Waals surface area contributed by atoms with E-state index in [1.165, 1.54) is 5.57 Å². The molecule has 0 bridgehead atoms. The van der Waals surface area contributed by atoms with Crippen LogP contribution < -0.4 is 4.74 Å². The average Bonchev–Trinajstić information content (AvgIpc) is 2.19. The Balaban J connectivity index is 2.40. The van der Waals surface area contributed by atoms with Crippen molar-refractivity contribution in [3.05, 3.63) is 29.8 Å². The molecule has 0 atom stereocenters. The van der Waals surface area contributed by atoms with Crippen LogP contribution in [0.2, 0.25) is 0 Å². The van der Waals surface area contributed by atoms with Gasteiger partial charge < -0.3 is 9.84 Å². The second-order valence-electron chi connectivity index (χ2n) is 3.47. The van der Waals surface area contributed by atoms with Crippen LogP contribution in [-0.2, 0) is 0 Å². The van der Waals surface area contributed by atoms with Crippen molar-refractivity contribution in [2.24, 2.45) is 0 Å². The molecule has 0 saturated heterocycles. The molecule has 1 heterocycles. The van der Waals surface area contributed by atoms with Crippen LogP contribution in [0.15, 0.2) is 24.3 Å². The van der Waals surface area contributed by atoms with E-state index in [0.717, 1.165) is 24.2 Å². The molecule has 74 valence electrons. The Morgan fingerprint density at radius 1 is 1.43 bits per heavy atom. The van der Waals surface area contributed by atoms with Crippen LogP contribution in [0, 0.1) is 0 Å². The lowest BCUT2D eigenvalue weighted by atomic mass is 9.98. The Morgan fingerprint density at radius 2 is 2.29 bits per heavy atom. The molecule has 14 heavy (non-hydrogen) atoms. The molecule has 2 nitrogen and oxygen atoms in total. The maximum absolute atomic E-state index is 9.39. The average molecular weight is 190 g/mol. The molecule has 0 radical (unpaired) electrons. The van der Waals surface area contributed by atoms with E-state index in [4.69, 9.17) is 4.74 Å². The fourth-order valence-corrected chi connectivity index (χ4v) is 1.74. The first-order chi connectivity index (χ1) is 6.81. The van der Waals surface area contributed by atoms with Gasteiger partial charge in [0.25, 0.3) is 0 Å². The largest absolute Gasteiger partial charge is 0.508 e. The van der Waals surface area contributed by atoms with Crippen LogP contribution in [-0.4, -0.2) is 11.7 Å². The zero-order valence-corrected chi connectivity index (χ0v) is 8.29. The van der Waals surface area contributed by atoms with Crippen LogP contribution in [0.4, 0.5) is 0 Å². The van der Waals surface area contributed by atoms with Gasteiger partial charge in [0.1, 0.15) is 18.1 Å². The van der Waals surface area contributed by atoms with Gasteiger partial charge in [-0.3, -0.25) is 0 Å². The third kappa shape index (κ3) is 1.60. The Morgan fingerprint density at radius 3 is 3.07 bits per heavy atom. The molecular formula is C12H14O2.